The lowest BCUT2D eigenvalue weighted by molar-refractivity contribution is -0.152. The first-order chi connectivity index (χ1) is 16.8. The Morgan fingerprint density at radius 1 is 1.03 bits per heavy atom. The van der Waals surface area contributed by atoms with Crippen LogP contribution in [0.25, 0.3) is 0 Å². The fraction of sp³-hybridized carbons (Fsp3) is 0.739. The molecule has 5 amide bonds. The molecule has 0 unspecified atom stereocenters. The zero-order valence-corrected chi connectivity index (χ0v) is 22.1. The van der Waals surface area contributed by atoms with E-state index in [1.807, 2.05) is 13.8 Å². The van der Waals surface area contributed by atoms with E-state index in [0.717, 1.165) is 5.01 Å². The van der Waals surface area contributed by atoms with Gasteiger partial charge in [-0.2, -0.15) is 0 Å². The van der Waals surface area contributed by atoms with Gasteiger partial charge in [0.25, 0.3) is 5.91 Å². The number of carbonyl (C=O) groups excluding carboxylic acids is 6. The van der Waals surface area contributed by atoms with Gasteiger partial charge in [0.2, 0.25) is 17.7 Å². The van der Waals surface area contributed by atoms with Gasteiger partial charge in [-0.05, 0) is 46.0 Å². The summed E-state index contributed by atoms with van der Waals surface area (Å²) in [7, 11) is 1.23. The molecule has 0 radical (unpaired) electrons. The Morgan fingerprint density at radius 2 is 1.67 bits per heavy atom. The lowest BCUT2D eigenvalue weighted by Crippen LogP contribution is -2.57. The summed E-state index contributed by atoms with van der Waals surface area (Å²) in [5.41, 5.74) is 2.33. The molecule has 0 aromatic heterocycles. The molecule has 0 saturated carbocycles. The summed E-state index contributed by atoms with van der Waals surface area (Å²) in [5, 5.41) is 5.96. The zero-order chi connectivity index (χ0) is 27.6. The largest absolute Gasteiger partial charge is 0.463 e. The van der Waals surface area contributed by atoms with Crippen LogP contribution in [0.2, 0.25) is 0 Å². The second kappa shape index (κ2) is 14.2. The Balaban J connectivity index is 2.74. The first-order valence-corrected chi connectivity index (χ1v) is 12.1. The van der Waals surface area contributed by atoms with E-state index in [1.54, 1.807) is 6.92 Å². The molecule has 0 aliphatic carbocycles. The number of esters is 1. The van der Waals surface area contributed by atoms with Crippen LogP contribution in [0, 0.1) is 5.92 Å². The number of amides is 5. The van der Waals surface area contributed by atoms with E-state index in [-0.39, 0.29) is 24.9 Å². The van der Waals surface area contributed by atoms with Gasteiger partial charge in [0.05, 0.1) is 6.61 Å². The third kappa shape index (κ3) is 9.34. The fourth-order valence-electron chi connectivity index (χ4n) is 3.62. The highest BCUT2D eigenvalue weighted by atomic mass is 16.6. The molecule has 1 aliphatic rings. The number of hydrogen-bond acceptors (Lipinski definition) is 8. The molecule has 0 aromatic rings. The number of nitrogens with one attached hydrogen (secondary N) is 3. The van der Waals surface area contributed by atoms with Gasteiger partial charge in [0.1, 0.15) is 18.1 Å². The van der Waals surface area contributed by atoms with Crippen molar-refractivity contribution in [3.8, 4) is 0 Å². The van der Waals surface area contributed by atoms with Crippen LogP contribution in [-0.2, 0) is 33.4 Å². The molecule has 1 saturated heterocycles. The van der Waals surface area contributed by atoms with Crippen molar-refractivity contribution in [3.63, 3.8) is 0 Å². The first kappa shape index (κ1) is 30.7. The highest BCUT2D eigenvalue weighted by Gasteiger charge is 2.34. The summed E-state index contributed by atoms with van der Waals surface area (Å²) >= 11 is 0. The Labute approximate surface area is 211 Å². The van der Waals surface area contributed by atoms with Crippen molar-refractivity contribution in [1.29, 1.82) is 0 Å². The molecule has 4 atom stereocenters. The van der Waals surface area contributed by atoms with E-state index >= 15 is 0 Å². The average Bonchev–Trinajstić information content (AvgIpc) is 3.28. The maximum absolute atomic E-state index is 12.8. The molecule has 1 fully saturated rings. The SMILES string of the molecule is CCOC(=O)[C@H](C)OC(=O)N(C)NC(=O)[C@H](CC(C)C)NC(=O)[C@H](C)NC(=O)[C@@H]1CCCN1C(C)=O. The molecule has 1 rings (SSSR count). The molecule has 204 valence electrons. The quantitative estimate of drug-likeness (QED) is 0.273. The summed E-state index contributed by atoms with van der Waals surface area (Å²) in [6.45, 7) is 10.1. The van der Waals surface area contributed by atoms with Gasteiger partial charge in [-0.3, -0.25) is 24.6 Å². The Hall–Kier alpha value is -3.38. The van der Waals surface area contributed by atoms with Gasteiger partial charge in [0, 0.05) is 20.5 Å². The second-order valence-electron chi connectivity index (χ2n) is 9.10. The second-order valence-corrected chi connectivity index (χ2v) is 9.10. The van der Waals surface area contributed by atoms with Crippen LogP contribution < -0.4 is 16.1 Å². The van der Waals surface area contributed by atoms with Crippen LogP contribution in [0.1, 0.15) is 60.8 Å². The number of ether oxygens (including phenoxy) is 2. The summed E-state index contributed by atoms with van der Waals surface area (Å²) < 4.78 is 9.73. The van der Waals surface area contributed by atoms with Crippen LogP contribution in [0.5, 0.6) is 0 Å². The van der Waals surface area contributed by atoms with Crippen LogP contribution in [0.4, 0.5) is 4.79 Å². The minimum absolute atomic E-state index is 0.00894. The lowest BCUT2D eigenvalue weighted by Gasteiger charge is -2.27. The van der Waals surface area contributed by atoms with Gasteiger partial charge in [-0.1, -0.05) is 13.8 Å². The predicted molar refractivity (Wildman–Crippen MR) is 128 cm³/mol. The van der Waals surface area contributed by atoms with E-state index in [9.17, 15) is 28.8 Å². The first-order valence-electron chi connectivity index (χ1n) is 12.1. The molecule has 13 nitrogen and oxygen atoms in total. The predicted octanol–water partition coefficient (Wildman–Crippen LogP) is 0.0841. The van der Waals surface area contributed by atoms with Gasteiger partial charge < -0.3 is 25.0 Å². The third-order valence-electron chi connectivity index (χ3n) is 5.50. The lowest BCUT2D eigenvalue weighted by atomic mass is 10.0. The summed E-state index contributed by atoms with van der Waals surface area (Å²) in [6, 6.07) is -2.62. The standard InChI is InChI=1S/C23H39N5O8/c1-8-35-22(33)15(5)36-23(34)27(7)26-20(31)17(12-13(2)3)25-19(30)14(4)24-21(32)18-10-9-11-28(18)16(6)29/h13-15,17-18H,8-12H2,1-7H3,(H,24,32)(H,25,30)(H,26,31)/t14-,15-,17-,18-/m0/s1. The number of carbonyl (C=O) groups is 6. The van der Waals surface area contributed by atoms with Crippen molar-refractivity contribution >= 4 is 35.7 Å². The smallest absolute Gasteiger partial charge is 0.429 e. The summed E-state index contributed by atoms with van der Waals surface area (Å²) in [4.78, 5) is 75.3. The molecule has 1 heterocycles. The Kier molecular flexibility index (Phi) is 12.1. The van der Waals surface area contributed by atoms with E-state index in [0.29, 0.717) is 19.4 Å². The van der Waals surface area contributed by atoms with Crippen LogP contribution in [-0.4, -0.2) is 90.0 Å². The topological polar surface area (TPSA) is 163 Å². The van der Waals surface area contributed by atoms with Crippen molar-refractivity contribution in [1.82, 2.24) is 26.0 Å². The molecule has 36 heavy (non-hydrogen) atoms. The number of hydrazine groups is 1. The van der Waals surface area contributed by atoms with Crippen LogP contribution in [0.3, 0.4) is 0 Å². The van der Waals surface area contributed by atoms with E-state index in [1.165, 1.54) is 32.7 Å². The zero-order valence-electron chi connectivity index (χ0n) is 22.1. The molecule has 0 spiro atoms. The van der Waals surface area contributed by atoms with Gasteiger partial charge in [-0.25, -0.2) is 14.6 Å². The minimum atomic E-state index is -1.17. The average molecular weight is 514 g/mol. The van der Waals surface area contributed by atoms with Crippen LogP contribution in [0.15, 0.2) is 0 Å². The summed E-state index contributed by atoms with van der Waals surface area (Å²) in [5.74, 6) is -2.65. The van der Waals surface area contributed by atoms with E-state index in [2.05, 4.69) is 16.1 Å². The number of hydrogen-bond donors (Lipinski definition) is 3. The van der Waals surface area contributed by atoms with Crippen molar-refractivity contribution in [3.05, 3.63) is 0 Å². The monoisotopic (exact) mass is 513 g/mol. The molecule has 3 N–H and O–H groups in total. The molecular formula is C23H39N5O8. The molecular weight excluding hydrogens is 474 g/mol. The molecule has 0 aromatic carbocycles. The number of nitrogens with zero attached hydrogens (tertiary/aromatic N) is 2. The molecule has 1 aliphatic heterocycles. The Bertz CT molecular complexity index is 833. The van der Waals surface area contributed by atoms with Crippen molar-refractivity contribution in [2.24, 2.45) is 5.92 Å². The van der Waals surface area contributed by atoms with E-state index < -0.39 is 54.0 Å². The molecule has 0 bridgehead atoms. The highest BCUT2D eigenvalue weighted by molar-refractivity contribution is 5.94. The maximum Gasteiger partial charge on any atom is 0.429 e. The number of rotatable bonds is 10. The fourth-order valence-corrected chi connectivity index (χ4v) is 3.62. The summed E-state index contributed by atoms with van der Waals surface area (Å²) in [6.07, 6.45) is -0.711. The van der Waals surface area contributed by atoms with Gasteiger partial charge in [-0.15, -0.1) is 0 Å². The van der Waals surface area contributed by atoms with Gasteiger partial charge in [0.15, 0.2) is 6.10 Å². The van der Waals surface area contributed by atoms with Crippen LogP contribution >= 0.6 is 0 Å². The van der Waals surface area contributed by atoms with Gasteiger partial charge >= 0.3 is 12.1 Å². The number of likely N-dealkylation sites (tertiary alicyclic amines) is 1. The third-order valence-corrected chi connectivity index (χ3v) is 5.50. The normalized spacial score (nSPS) is 17.4. The minimum Gasteiger partial charge on any atom is -0.463 e. The van der Waals surface area contributed by atoms with Crippen molar-refractivity contribution in [2.75, 3.05) is 20.2 Å². The maximum atomic E-state index is 12.8. The van der Waals surface area contributed by atoms with E-state index in [4.69, 9.17) is 9.47 Å². The highest BCUT2D eigenvalue weighted by Crippen LogP contribution is 2.17. The Morgan fingerprint density at radius 3 is 2.22 bits per heavy atom. The van der Waals surface area contributed by atoms with Crippen molar-refractivity contribution < 1.29 is 38.2 Å². The molecule has 13 heteroatoms. The van der Waals surface area contributed by atoms with Crippen molar-refractivity contribution in [2.45, 2.75) is 85.0 Å².